The Balaban J connectivity index is 2.13. The summed E-state index contributed by atoms with van der Waals surface area (Å²) < 4.78 is 0. The van der Waals surface area contributed by atoms with E-state index >= 15 is 0 Å². The minimum absolute atomic E-state index is 0.0859. The van der Waals surface area contributed by atoms with Crippen molar-refractivity contribution in [3.05, 3.63) is 35.4 Å². The molecule has 1 aromatic carbocycles. The van der Waals surface area contributed by atoms with Gasteiger partial charge in [-0.3, -0.25) is 9.59 Å². The molecule has 1 aromatic rings. The molecule has 0 radical (unpaired) electrons. The highest BCUT2D eigenvalue weighted by molar-refractivity contribution is 5.84. The molecule has 0 saturated carbocycles. The Hall–Kier alpha value is -2.57. The van der Waals surface area contributed by atoms with Crippen molar-refractivity contribution >= 4 is 17.8 Å². The van der Waals surface area contributed by atoms with E-state index in [4.69, 9.17) is 11.5 Å². The zero-order chi connectivity index (χ0) is 17.9. The number of nitrogens with one attached hydrogen (secondary N) is 1. The number of carbonyl (C=O) groups excluding carboxylic acids is 3. The Bertz CT molecular complexity index is 661. The molecule has 24 heavy (non-hydrogen) atoms. The quantitative estimate of drug-likeness (QED) is 0.740. The maximum Gasteiger partial charge on any atom is 0.312 e. The largest absolute Gasteiger partial charge is 0.369 e. The highest BCUT2D eigenvalue weighted by atomic mass is 16.2. The van der Waals surface area contributed by atoms with Gasteiger partial charge in [0.2, 0.25) is 11.8 Å². The van der Waals surface area contributed by atoms with Crippen LogP contribution >= 0.6 is 0 Å². The molecule has 0 spiro atoms. The molecular formula is C17H24N4O3. The smallest absolute Gasteiger partial charge is 0.312 e. The standard InChI is InChI=1S/C17H24N4O3/c1-11-5-3-4-6-12(11)13(20-16(19)24)9-14(22)21-8-7-17(2,10-21)15(18)23/h3-6,13H,7-10H2,1-2H3,(H2,18,23)(H3,19,20,24). The third-order valence-corrected chi connectivity index (χ3v) is 4.68. The molecule has 2 rings (SSSR count). The van der Waals surface area contributed by atoms with Crippen molar-refractivity contribution in [2.45, 2.75) is 32.7 Å². The normalized spacial score (nSPS) is 21.3. The predicted octanol–water partition coefficient (Wildman–Crippen LogP) is 0.818. The molecule has 2 atom stereocenters. The van der Waals surface area contributed by atoms with Crippen LogP contribution in [-0.2, 0) is 9.59 Å². The van der Waals surface area contributed by atoms with Crippen molar-refractivity contribution < 1.29 is 14.4 Å². The number of rotatable bonds is 5. The topological polar surface area (TPSA) is 119 Å². The summed E-state index contributed by atoms with van der Waals surface area (Å²) >= 11 is 0. The molecule has 130 valence electrons. The molecule has 2 unspecified atom stereocenters. The molecule has 1 aliphatic rings. The number of benzene rings is 1. The number of nitrogens with two attached hydrogens (primary N) is 2. The zero-order valence-electron chi connectivity index (χ0n) is 14.0. The fourth-order valence-electron chi connectivity index (χ4n) is 3.07. The Morgan fingerprint density at radius 2 is 1.96 bits per heavy atom. The summed E-state index contributed by atoms with van der Waals surface area (Å²) in [6, 6.07) is 6.33. The van der Waals surface area contributed by atoms with Gasteiger partial charge < -0.3 is 21.7 Å². The first-order valence-electron chi connectivity index (χ1n) is 7.92. The van der Waals surface area contributed by atoms with Crippen molar-refractivity contribution in [3.8, 4) is 0 Å². The summed E-state index contributed by atoms with van der Waals surface area (Å²) in [5.41, 5.74) is 11.8. The Labute approximate surface area is 141 Å². The van der Waals surface area contributed by atoms with E-state index in [1.165, 1.54) is 0 Å². The number of aryl methyl sites for hydroxylation is 1. The maximum atomic E-state index is 12.6. The first-order chi connectivity index (χ1) is 11.2. The van der Waals surface area contributed by atoms with Gasteiger partial charge in [0.1, 0.15) is 0 Å². The van der Waals surface area contributed by atoms with Gasteiger partial charge in [-0.05, 0) is 31.4 Å². The fourth-order valence-corrected chi connectivity index (χ4v) is 3.07. The monoisotopic (exact) mass is 332 g/mol. The zero-order valence-corrected chi connectivity index (χ0v) is 14.0. The second kappa shape index (κ2) is 6.90. The molecule has 0 aromatic heterocycles. The molecule has 0 aliphatic carbocycles. The van der Waals surface area contributed by atoms with Gasteiger partial charge in [0, 0.05) is 13.1 Å². The summed E-state index contributed by atoms with van der Waals surface area (Å²) in [4.78, 5) is 37.1. The summed E-state index contributed by atoms with van der Waals surface area (Å²) in [5.74, 6) is -0.537. The Morgan fingerprint density at radius 3 is 2.50 bits per heavy atom. The van der Waals surface area contributed by atoms with Gasteiger partial charge >= 0.3 is 6.03 Å². The van der Waals surface area contributed by atoms with Crippen LogP contribution in [0.1, 0.15) is 36.9 Å². The lowest BCUT2D eigenvalue weighted by molar-refractivity contribution is -0.132. The van der Waals surface area contributed by atoms with Crippen LogP contribution in [0.2, 0.25) is 0 Å². The lowest BCUT2D eigenvalue weighted by atomic mass is 9.89. The molecule has 1 aliphatic heterocycles. The average Bonchev–Trinajstić information content (AvgIpc) is 2.91. The molecule has 0 bridgehead atoms. The predicted molar refractivity (Wildman–Crippen MR) is 89.8 cm³/mol. The number of carbonyl (C=O) groups is 3. The van der Waals surface area contributed by atoms with E-state index in [-0.39, 0.29) is 12.3 Å². The van der Waals surface area contributed by atoms with Gasteiger partial charge in [0.15, 0.2) is 0 Å². The molecule has 4 amide bonds. The van der Waals surface area contributed by atoms with E-state index in [9.17, 15) is 14.4 Å². The number of hydrogen-bond donors (Lipinski definition) is 3. The van der Waals surface area contributed by atoms with E-state index in [0.717, 1.165) is 11.1 Å². The molecule has 7 heteroatoms. The second-order valence-corrected chi connectivity index (χ2v) is 6.61. The van der Waals surface area contributed by atoms with Crippen LogP contribution in [0, 0.1) is 12.3 Å². The number of urea groups is 1. The van der Waals surface area contributed by atoms with E-state index in [1.54, 1.807) is 11.8 Å². The van der Waals surface area contributed by atoms with Gasteiger partial charge in [0.25, 0.3) is 0 Å². The third kappa shape index (κ3) is 3.84. The highest BCUT2D eigenvalue weighted by Crippen LogP contribution is 2.31. The van der Waals surface area contributed by atoms with Crippen LogP contribution < -0.4 is 16.8 Å². The van der Waals surface area contributed by atoms with Gasteiger partial charge in [-0.15, -0.1) is 0 Å². The first kappa shape index (κ1) is 17.8. The lowest BCUT2D eigenvalue weighted by Gasteiger charge is -2.24. The van der Waals surface area contributed by atoms with Crippen LogP contribution in [0.5, 0.6) is 0 Å². The van der Waals surface area contributed by atoms with Crippen molar-refractivity contribution in [1.29, 1.82) is 0 Å². The van der Waals surface area contributed by atoms with Crippen molar-refractivity contribution in [3.63, 3.8) is 0 Å². The molecule has 5 N–H and O–H groups in total. The van der Waals surface area contributed by atoms with E-state index < -0.39 is 23.4 Å². The minimum Gasteiger partial charge on any atom is -0.369 e. The summed E-state index contributed by atoms with van der Waals surface area (Å²) in [6.45, 7) is 4.46. The van der Waals surface area contributed by atoms with Crippen molar-refractivity contribution in [2.75, 3.05) is 13.1 Å². The minimum atomic E-state index is -0.690. The molecule has 1 fully saturated rings. The summed E-state index contributed by atoms with van der Waals surface area (Å²) in [6.07, 6.45) is 0.634. The van der Waals surface area contributed by atoms with Crippen LogP contribution in [-0.4, -0.2) is 35.8 Å². The Morgan fingerprint density at radius 1 is 1.29 bits per heavy atom. The van der Waals surface area contributed by atoms with Crippen molar-refractivity contribution in [1.82, 2.24) is 10.2 Å². The van der Waals surface area contributed by atoms with Gasteiger partial charge in [-0.2, -0.15) is 0 Å². The van der Waals surface area contributed by atoms with Gasteiger partial charge in [-0.25, -0.2) is 4.79 Å². The molecule has 7 nitrogen and oxygen atoms in total. The van der Waals surface area contributed by atoms with Crippen molar-refractivity contribution in [2.24, 2.45) is 16.9 Å². The Kier molecular flexibility index (Phi) is 5.11. The molecule has 1 heterocycles. The molecular weight excluding hydrogens is 308 g/mol. The number of amides is 4. The van der Waals surface area contributed by atoms with Crippen LogP contribution in [0.25, 0.3) is 0 Å². The van der Waals surface area contributed by atoms with Gasteiger partial charge in [-0.1, -0.05) is 24.3 Å². The third-order valence-electron chi connectivity index (χ3n) is 4.68. The number of hydrogen-bond acceptors (Lipinski definition) is 3. The summed E-state index contributed by atoms with van der Waals surface area (Å²) in [5, 5.41) is 2.63. The van der Waals surface area contributed by atoms with E-state index in [0.29, 0.717) is 19.5 Å². The fraction of sp³-hybridized carbons (Fsp3) is 0.471. The van der Waals surface area contributed by atoms with Gasteiger partial charge in [0.05, 0.1) is 17.9 Å². The number of primary amides is 2. The van der Waals surface area contributed by atoms with Crippen LogP contribution in [0.15, 0.2) is 24.3 Å². The van der Waals surface area contributed by atoms with E-state index in [1.807, 2.05) is 31.2 Å². The lowest BCUT2D eigenvalue weighted by Crippen LogP contribution is -2.40. The average molecular weight is 332 g/mol. The SMILES string of the molecule is Cc1ccccc1C(CC(=O)N1CCC(C)(C(N)=O)C1)NC(N)=O. The summed E-state index contributed by atoms with van der Waals surface area (Å²) in [7, 11) is 0. The van der Waals surface area contributed by atoms with Crippen LogP contribution in [0.3, 0.4) is 0 Å². The highest BCUT2D eigenvalue weighted by Gasteiger charge is 2.41. The first-order valence-corrected chi connectivity index (χ1v) is 7.92. The molecule has 1 saturated heterocycles. The second-order valence-electron chi connectivity index (χ2n) is 6.61. The number of nitrogens with zero attached hydrogens (tertiary/aromatic N) is 1. The van der Waals surface area contributed by atoms with Crippen LogP contribution in [0.4, 0.5) is 4.79 Å². The maximum absolute atomic E-state index is 12.6. The van der Waals surface area contributed by atoms with E-state index in [2.05, 4.69) is 5.32 Å². The number of likely N-dealkylation sites (tertiary alicyclic amines) is 1.